The van der Waals surface area contributed by atoms with Crippen LogP contribution in [0.25, 0.3) is 0 Å². The molecule has 0 aromatic heterocycles. The molecule has 1 aliphatic rings. The Bertz CT molecular complexity index is 481. The second-order valence-corrected chi connectivity index (χ2v) is 4.33. The highest BCUT2D eigenvalue weighted by Gasteiger charge is 2.50. The number of esters is 1. The Labute approximate surface area is 106 Å². The number of carbonyl (C=O) groups is 1. The number of alkyl halides is 2. The van der Waals surface area contributed by atoms with Crippen LogP contribution in [0.3, 0.4) is 0 Å². The summed E-state index contributed by atoms with van der Waals surface area (Å²) in [4.78, 5) is 10.7. The summed E-state index contributed by atoms with van der Waals surface area (Å²) in [5.74, 6) is -5.67. The standard InChI is InChI=1S/C11H9ClF3NO2/c12-7-2-1-3-8(9(7)13)16-5-6-4-11(14,15)10(17)18-6/h1-3,6,16H,4-5H2. The van der Waals surface area contributed by atoms with Gasteiger partial charge < -0.3 is 10.1 Å². The molecule has 0 amide bonds. The minimum absolute atomic E-state index is 0.0752. The number of cyclic esters (lactones) is 1. The number of halogens is 4. The van der Waals surface area contributed by atoms with Gasteiger partial charge in [0.05, 0.1) is 23.7 Å². The molecule has 1 aliphatic heterocycles. The molecule has 0 bridgehead atoms. The molecule has 0 aliphatic carbocycles. The van der Waals surface area contributed by atoms with Crippen molar-refractivity contribution < 1.29 is 22.7 Å². The highest BCUT2D eigenvalue weighted by atomic mass is 35.5. The minimum Gasteiger partial charge on any atom is -0.456 e. The zero-order valence-electron chi connectivity index (χ0n) is 9.05. The normalized spacial score (nSPS) is 21.8. The van der Waals surface area contributed by atoms with Gasteiger partial charge in [-0.15, -0.1) is 0 Å². The summed E-state index contributed by atoms with van der Waals surface area (Å²) in [5.41, 5.74) is 0.0776. The van der Waals surface area contributed by atoms with E-state index < -0.39 is 30.2 Å². The van der Waals surface area contributed by atoms with Crippen molar-refractivity contribution in [2.45, 2.75) is 18.4 Å². The monoisotopic (exact) mass is 279 g/mol. The zero-order valence-corrected chi connectivity index (χ0v) is 9.81. The van der Waals surface area contributed by atoms with Crippen molar-refractivity contribution >= 4 is 23.3 Å². The third kappa shape index (κ3) is 2.53. The zero-order chi connectivity index (χ0) is 13.3. The largest absolute Gasteiger partial charge is 0.456 e. The van der Waals surface area contributed by atoms with Crippen molar-refractivity contribution in [3.63, 3.8) is 0 Å². The van der Waals surface area contributed by atoms with Crippen LogP contribution >= 0.6 is 11.6 Å². The van der Waals surface area contributed by atoms with E-state index in [1.807, 2.05) is 0 Å². The van der Waals surface area contributed by atoms with Crippen molar-refractivity contribution in [2.24, 2.45) is 0 Å². The maximum atomic E-state index is 13.5. The molecule has 1 N–H and O–H groups in total. The molecule has 1 saturated heterocycles. The van der Waals surface area contributed by atoms with Gasteiger partial charge in [-0.25, -0.2) is 9.18 Å². The Morgan fingerprint density at radius 2 is 2.22 bits per heavy atom. The predicted molar refractivity (Wildman–Crippen MR) is 59.3 cm³/mol. The first kappa shape index (κ1) is 13.0. The summed E-state index contributed by atoms with van der Waals surface area (Å²) < 4.78 is 43.6. The maximum Gasteiger partial charge on any atom is 0.377 e. The molecule has 18 heavy (non-hydrogen) atoms. The Morgan fingerprint density at radius 3 is 2.83 bits per heavy atom. The second-order valence-electron chi connectivity index (χ2n) is 3.92. The predicted octanol–water partition coefficient (Wildman–Crippen LogP) is 2.84. The number of benzene rings is 1. The van der Waals surface area contributed by atoms with Crippen molar-refractivity contribution in [3.05, 3.63) is 29.0 Å². The molecular formula is C11H9ClF3NO2. The van der Waals surface area contributed by atoms with Crippen LogP contribution in [-0.4, -0.2) is 24.5 Å². The van der Waals surface area contributed by atoms with E-state index in [1.54, 1.807) is 0 Å². The first-order valence-corrected chi connectivity index (χ1v) is 5.55. The van der Waals surface area contributed by atoms with Crippen LogP contribution in [0.15, 0.2) is 18.2 Å². The minimum atomic E-state index is -3.46. The number of carbonyl (C=O) groups excluding carboxylic acids is 1. The number of rotatable bonds is 3. The van der Waals surface area contributed by atoms with Gasteiger partial charge in [-0.1, -0.05) is 17.7 Å². The third-order valence-corrected chi connectivity index (χ3v) is 2.82. The number of nitrogens with one attached hydrogen (secondary N) is 1. The van der Waals surface area contributed by atoms with E-state index >= 15 is 0 Å². The summed E-state index contributed by atoms with van der Waals surface area (Å²) in [5, 5.41) is 2.51. The summed E-state index contributed by atoms with van der Waals surface area (Å²) in [6, 6.07) is 4.30. The molecule has 3 nitrogen and oxygen atoms in total. The molecule has 1 aromatic rings. The average molecular weight is 280 g/mol. The molecule has 1 heterocycles. The molecule has 1 atom stereocenters. The van der Waals surface area contributed by atoms with Gasteiger partial charge in [0.15, 0.2) is 5.82 Å². The van der Waals surface area contributed by atoms with E-state index in [4.69, 9.17) is 11.6 Å². The Hall–Kier alpha value is -1.43. The number of hydrogen-bond acceptors (Lipinski definition) is 3. The molecule has 0 spiro atoms. The van der Waals surface area contributed by atoms with Crippen LogP contribution in [0.2, 0.25) is 5.02 Å². The van der Waals surface area contributed by atoms with Gasteiger partial charge in [0, 0.05) is 0 Å². The molecule has 2 rings (SSSR count). The summed E-state index contributed by atoms with van der Waals surface area (Å²) in [6.07, 6.45) is -1.69. The van der Waals surface area contributed by atoms with Gasteiger partial charge in [-0.3, -0.25) is 0 Å². The molecule has 7 heteroatoms. The summed E-state index contributed by atoms with van der Waals surface area (Å²) >= 11 is 5.56. The highest BCUT2D eigenvalue weighted by molar-refractivity contribution is 6.31. The fraction of sp³-hybridized carbons (Fsp3) is 0.364. The van der Waals surface area contributed by atoms with Gasteiger partial charge in [0.25, 0.3) is 0 Å². The van der Waals surface area contributed by atoms with Crippen LogP contribution < -0.4 is 5.32 Å². The lowest BCUT2D eigenvalue weighted by Crippen LogP contribution is -2.22. The van der Waals surface area contributed by atoms with Gasteiger partial charge >= 0.3 is 11.9 Å². The van der Waals surface area contributed by atoms with Gasteiger partial charge in [0.2, 0.25) is 0 Å². The van der Waals surface area contributed by atoms with E-state index in [1.165, 1.54) is 18.2 Å². The summed E-state index contributed by atoms with van der Waals surface area (Å²) in [6.45, 7) is -0.0986. The average Bonchev–Trinajstić information content (AvgIpc) is 2.55. The second kappa shape index (κ2) is 4.68. The lowest BCUT2D eigenvalue weighted by Gasteiger charge is -2.12. The Morgan fingerprint density at radius 1 is 1.50 bits per heavy atom. The highest BCUT2D eigenvalue weighted by Crippen LogP contribution is 2.31. The van der Waals surface area contributed by atoms with Crippen LogP contribution in [0.5, 0.6) is 0 Å². The fourth-order valence-corrected chi connectivity index (χ4v) is 1.80. The number of hydrogen-bond donors (Lipinski definition) is 1. The first-order valence-electron chi connectivity index (χ1n) is 5.17. The molecule has 1 fully saturated rings. The van der Waals surface area contributed by atoms with E-state index in [9.17, 15) is 18.0 Å². The van der Waals surface area contributed by atoms with E-state index in [-0.39, 0.29) is 17.3 Å². The maximum absolute atomic E-state index is 13.5. The number of anilines is 1. The Kier molecular flexibility index (Phi) is 3.38. The fourth-order valence-electron chi connectivity index (χ4n) is 1.63. The van der Waals surface area contributed by atoms with Crippen molar-refractivity contribution in [2.75, 3.05) is 11.9 Å². The van der Waals surface area contributed by atoms with Crippen LogP contribution in [0.4, 0.5) is 18.9 Å². The van der Waals surface area contributed by atoms with E-state index in [0.717, 1.165) is 0 Å². The van der Waals surface area contributed by atoms with Gasteiger partial charge in [0.1, 0.15) is 6.10 Å². The van der Waals surface area contributed by atoms with Crippen molar-refractivity contribution in [1.82, 2.24) is 0 Å². The van der Waals surface area contributed by atoms with Crippen LogP contribution in [0.1, 0.15) is 6.42 Å². The lowest BCUT2D eigenvalue weighted by atomic mass is 10.2. The van der Waals surface area contributed by atoms with E-state index in [2.05, 4.69) is 10.1 Å². The lowest BCUT2D eigenvalue weighted by molar-refractivity contribution is -0.158. The quantitative estimate of drug-likeness (QED) is 0.865. The van der Waals surface area contributed by atoms with Crippen LogP contribution in [0, 0.1) is 5.82 Å². The van der Waals surface area contributed by atoms with Crippen LogP contribution in [-0.2, 0) is 9.53 Å². The van der Waals surface area contributed by atoms with Crippen molar-refractivity contribution in [3.8, 4) is 0 Å². The summed E-state index contributed by atoms with van der Waals surface area (Å²) in [7, 11) is 0. The van der Waals surface area contributed by atoms with Crippen molar-refractivity contribution in [1.29, 1.82) is 0 Å². The molecule has 98 valence electrons. The molecule has 1 aromatic carbocycles. The molecule has 0 saturated carbocycles. The number of ether oxygens (including phenoxy) is 1. The molecular weight excluding hydrogens is 271 g/mol. The SMILES string of the molecule is O=C1OC(CNc2cccc(Cl)c2F)CC1(F)F. The topological polar surface area (TPSA) is 38.3 Å². The third-order valence-electron chi connectivity index (χ3n) is 2.53. The van der Waals surface area contributed by atoms with E-state index in [0.29, 0.717) is 0 Å². The molecule has 1 unspecified atom stereocenters. The first-order chi connectivity index (χ1) is 8.40. The van der Waals surface area contributed by atoms with Gasteiger partial charge in [-0.2, -0.15) is 8.78 Å². The van der Waals surface area contributed by atoms with Gasteiger partial charge in [-0.05, 0) is 12.1 Å². The Balaban J connectivity index is 1.97. The molecule has 0 radical (unpaired) electrons. The smallest absolute Gasteiger partial charge is 0.377 e.